The molecule has 0 bridgehead atoms. The van der Waals surface area contributed by atoms with Crippen LogP contribution in [0, 0.1) is 0 Å². The van der Waals surface area contributed by atoms with Gasteiger partial charge in [-0.2, -0.15) is 0 Å². The van der Waals surface area contributed by atoms with Gasteiger partial charge in [-0.05, 0) is 40.8 Å². The molecule has 1 aliphatic heterocycles. The van der Waals surface area contributed by atoms with Crippen molar-refractivity contribution in [1.82, 2.24) is 9.80 Å². The largest absolute Gasteiger partial charge is 0.393 e. The molecule has 0 aliphatic carbocycles. The average Bonchev–Trinajstić information content (AvgIpc) is 2.50. The fourth-order valence-corrected chi connectivity index (χ4v) is 2.23. The van der Waals surface area contributed by atoms with E-state index in [4.69, 9.17) is 0 Å². The molecule has 0 aromatic rings. The lowest BCUT2D eigenvalue weighted by Crippen LogP contribution is -2.37. The van der Waals surface area contributed by atoms with E-state index >= 15 is 0 Å². The van der Waals surface area contributed by atoms with E-state index in [1.165, 1.54) is 13.0 Å². The zero-order chi connectivity index (χ0) is 10.7. The van der Waals surface area contributed by atoms with Crippen molar-refractivity contribution in [1.29, 1.82) is 0 Å². The molecule has 0 aromatic carbocycles. The van der Waals surface area contributed by atoms with Gasteiger partial charge in [0, 0.05) is 25.2 Å². The molecular formula is C11H24N2O. The molecule has 3 unspecified atom stereocenters. The number of rotatable bonds is 4. The third-order valence-corrected chi connectivity index (χ3v) is 3.23. The van der Waals surface area contributed by atoms with Crippen molar-refractivity contribution in [2.24, 2.45) is 0 Å². The van der Waals surface area contributed by atoms with Gasteiger partial charge in [-0.15, -0.1) is 0 Å². The topological polar surface area (TPSA) is 26.7 Å². The van der Waals surface area contributed by atoms with Crippen molar-refractivity contribution in [3.63, 3.8) is 0 Å². The summed E-state index contributed by atoms with van der Waals surface area (Å²) in [5.41, 5.74) is 0. The van der Waals surface area contributed by atoms with Gasteiger partial charge in [0.2, 0.25) is 0 Å². The molecule has 1 saturated heterocycles. The van der Waals surface area contributed by atoms with E-state index in [0.717, 1.165) is 13.0 Å². The fraction of sp³-hybridized carbons (Fsp3) is 1.00. The first-order valence-corrected chi connectivity index (χ1v) is 5.59. The van der Waals surface area contributed by atoms with Crippen molar-refractivity contribution in [2.75, 3.05) is 27.2 Å². The number of aliphatic hydroxyl groups is 1. The molecule has 0 amide bonds. The minimum Gasteiger partial charge on any atom is -0.393 e. The molecule has 3 atom stereocenters. The zero-order valence-electron chi connectivity index (χ0n) is 9.90. The standard InChI is InChI=1S/C11H24N2O/c1-9(7-10(2)14)13-6-5-11(8-13)12(3)4/h9-11,14H,5-8H2,1-4H3. The lowest BCUT2D eigenvalue weighted by molar-refractivity contribution is 0.129. The van der Waals surface area contributed by atoms with Crippen LogP contribution >= 0.6 is 0 Å². The van der Waals surface area contributed by atoms with Gasteiger partial charge in [-0.1, -0.05) is 0 Å². The van der Waals surface area contributed by atoms with Crippen LogP contribution in [0.4, 0.5) is 0 Å². The Labute approximate surface area is 87.7 Å². The summed E-state index contributed by atoms with van der Waals surface area (Å²) >= 11 is 0. The van der Waals surface area contributed by atoms with Crippen LogP contribution in [0.2, 0.25) is 0 Å². The Balaban J connectivity index is 2.34. The number of aliphatic hydroxyl groups excluding tert-OH is 1. The molecule has 84 valence electrons. The van der Waals surface area contributed by atoms with Gasteiger partial charge >= 0.3 is 0 Å². The molecule has 3 heteroatoms. The number of likely N-dealkylation sites (tertiary alicyclic amines) is 1. The lowest BCUT2D eigenvalue weighted by Gasteiger charge is -2.26. The highest BCUT2D eigenvalue weighted by atomic mass is 16.3. The summed E-state index contributed by atoms with van der Waals surface area (Å²) in [6.45, 7) is 6.42. The first-order valence-electron chi connectivity index (χ1n) is 5.59. The lowest BCUT2D eigenvalue weighted by atomic mass is 10.1. The fourth-order valence-electron chi connectivity index (χ4n) is 2.23. The van der Waals surface area contributed by atoms with Crippen LogP contribution in [0.15, 0.2) is 0 Å². The first kappa shape index (κ1) is 12.0. The second-order valence-electron chi connectivity index (χ2n) is 4.83. The predicted octanol–water partition coefficient (Wildman–Crippen LogP) is 0.782. The molecule has 1 rings (SSSR count). The maximum absolute atomic E-state index is 9.32. The van der Waals surface area contributed by atoms with Crippen LogP contribution in [0.1, 0.15) is 26.7 Å². The van der Waals surface area contributed by atoms with Gasteiger partial charge in [0.05, 0.1) is 6.10 Å². The maximum Gasteiger partial charge on any atom is 0.0526 e. The highest BCUT2D eigenvalue weighted by Crippen LogP contribution is 2.18. The van der Waals surface area contributed by atoms with E-state index in [9.17, 15) is 5.11 Å². The summed E-state index contributed by atoms with van der Waals surface area (Å²) in [7, 11) is 4.29. The zero-order valence-corrected chi connectivity index (χ0v) is 9.90. The number of likely N-dealkylation sites (N-methyl/N-ethyl adjacent to an activating group) is 1. The van der Waals surface area contributed by atoms with Crippen LogP contribution in [-0.2, 0) is 0 Å². The monoisotopic (exact) mass is 200 g/mol. The highest BCUT2D eigenvalue weighted by Gasteiger charge is 2.27. The van der Waals surface area contributed by atoms with Crippen molar-refractivity contribution in [3.05, 3.63) is 0 Å². The third kappa shape index (κ3) is 3.23. The Bertz CT molecular complexity index is 171. The Hall–Kier alpha value is -0.120. The van der Waals surface area contributed by atoms with Crippen molar-refractivity contribution < 1.29 is 5.11 Å². The second kappa shape index (κ2) is 5.10. The van der Waals surface area contributed by atoms with Gasteiger partial charge in [0.1, 0.15) is 0 Å². The van der Waals surface area contributed by atoms with Crippen molar-refractivity contribution >= 4 is 0 Å². The van der Waals surface area contributed by atoms with Crippen LogP contribution in [0.3, 0.4) is 0 Å². The van der Waals surface area contributed by atoms with Crippen molar-refractivity contribution in [2.45, 2.75) is 44.9 Å². The van der Waals surface area contributed by atoms with Gasteiger partial charge in [0.15, 0.2) is 0 Å². The molecule has 1 heterocycles. The molecular weight excluding hydrogens is 176 g/mol. The van der Waals surface area contributed by atoms with Gasteiger partial charge < -0.3 is 10.0 Å². The molecule has 0 saturated carbocycles. The van der Waals surface area contributed by atoms with E-state index in [-0.39, 0.29) is 6.10 Å². The van der Waals surface area contributed by atoms with Crippen LogP contribution in [-0.4, -0.2) is 60.3 Å². The summed E-state index contributed by atoms with van der Waals surface area (Å²) in [5, 5.41) is 9.32. The van der Waals surface area contributed by atoms with Gasteiger partial charge in [-0.25, -0.2) is 0 Å². The Morgan fingerprint density at radius 1 is 1.43 bits per heavy atom. The predicted molar refractivity (Wildman–Crippen MR) is 59.4 cm³/mol. The smallest absolute Gasteiger partial charge is 0.0526 e. The van der Waals surface area contributed by atoms with E-state index in [2.05, 4.69) is 30.8 Å². The molecule has 0 aromatic heterocycles. The second-order valence-corrected chi connectivity index (χ2v) is 4.83. The molecule has 3 nitrogen and oxygen atoms in total. The summed E-state index contributed by atoms with van der Waals surface area (Å²) in [6.07, 6.45) is 1.97. The highest BCUT2D eigenvalue weighted by molar-refractivity contribution is 4.84. The summed E-state index contributed by atoms with van der Waals surface area (Å²) in [4.78, 5) is 4.78. The minimum atomic E-state index is -0.177. The normalized spacial score (nSPS) is 28.3. The SMILES string of the molecule is CC(O)CC(C)N1CCC(N(C)C)C1. The molecule has 1 aliphatic rings. The first-order chi connectivity index (χ1) is 6.50. The summed E-state index contributed by atoms with van der Waals surface area (Å²) in [6, 6.07) is 1.21. The Kier molecular flexibility index (Phi) is 4.35. The molecule has 1 fully saturated rings. The van der Waals surface area contributed by atoms with E-state index in [1.807, 2.05) is 6.92 Å². The number of hydrogen-bond donors (Lipinski definition) is 1. The average molecular weight is 200 g/mol. The van der Waals surface area contributed by atoms with E-state index < -0.39 is 0 Å². The van der Waals surface area contributed by atoms with Crippen molar-refractivity contribution in [3.8, 4) is 0 Å². The third-order valence-electron chi connectivity index (χ3n) is 3.23. The minimum absolute atomic E-state index is 0.177. The van der Waals surface area contributed by atoms with E-state index in [1.54, 1.807) is 0 Å². The van der Waals surface area contributed by atoms with Gasteiger partial charge in [-0.3, -0.25) is 4.90 Å². The number of nitrogens with zero attached hydrogens (tertiary/aromatic N) is 2. The van der Waals surface area contributed by atoms with Gasteiger partial charge in [0.25, 0.3) is 0 Å². The summed E-state index contributed by atoms with van der Waals surface area (Å²) in [5.74, 6) is 0. The molecule has 0 radical (unpaired) electrons. The quantitative estimate of drug-likeness (QED) is 0.726. The molecule has 14 heavy (non-hydrogen) atoms. The molecule has 0 spiro atoms. The van der Waals surface area contributed by atoms with Crippen LogP contribution in [0.25, 0.3) is 0 Å². The summed E-state index contributed by atoms with van der Waals surface area (Å²) < 4.78 is 0. The van der Waals surface area contributed by atoms with Crippen LogP contribution in [0.5, 0.6) is 0 Å². The Morgan fingerprint density at radius 3 is 2.50 bits per heavy atom. The molecule has 1 N–H and O–H groups in total. The Morgan fingerprint density at radius 2 is 2.07 bits per heavy atom. The maximum atomic E-state index is 9.32. The van der Waals surface area contributed by atoms with Crippen LogP contribution < -0.4 is 0 Å². The van der Waals surface area contributed by atoms with E-state index in [0.29, 0.717) is 12.1 Å². The number of hydrogen-bond acceptors (Lipinski definition) is 3.